The summed E-state index contributed by atoms with van der Waals surface area (Å²) in [5.41, 5.74) is 3.15. The zero-order valence-corrected chi connectivity index (χ0v) is 12.2. The van der Waals surface area contributed by atoms with E-state index >= 15 is 0 Å². The molecule has 0 bridgehead atoms. The van der Waals surface area contributed by atoms with Crippen LogP contribution in [-0.2, 0) is 4.79 Å². The lowest BCUT2D eigenvalue weighted by Gasteiger charge is -2.30. The van der Waals surface area contributed by atoms with E-state index in [0.29, 0.717) is 11.3 Å². The normalized spacial score (nSPS) is 18.4. The molecule has 3 amide bonds. The zero-order valence-electron chi connectivity index (χ0n) is 12.2. The molecule has 1 atom stereocenters. The van der Waals surface area contributed by atoms with E-state index in [2.05, 4.69) is 10.6 Å². The Morgan fingerprint density at radius 2 is 1.85 bits per heavy atom. The molecule has 1 aromatic carbocycles. The lowest BCUT2D eigenvalue weighted by atomic mass is 9.92. The summed E-state index contributed by atoms with van der Waals surface area (Å²) in [5, 5.41) is 5.50. The number of carbonyl (C=O) groups excluding carboxylic acids is 2. The molecule has 1 heterocycles. The SMILES string of the molecule is CC1=C(C(=O)N(C)C)[C@H](c2ccccc2C)NC(=O)N1. The van der Waals surface area contributed by atoms with E-state index in [1.54, 1.807) is 21.0 Å². The molecule has 5 heteroatoms. The maximum absolute atomic E-state index is 12.4. The van der Waals surface area contributed by atoms with E-state index in [9.17, 15) is 9.59 Å². The number of urea groups is 1. The highest BCUT2D eigenvalue weighted by molar-refractivity contribution is 5.98. The van der Waals surface area contributed by atoms with Crippen LogP contribution in [0.15, 0.2) is 35.5 Å². The molecule has 0 spiro atoms. The maximum Gasteiger partial charge on any atom is 0.319 e. The predicted molar refractivity (Wildman–Crippen MR) is 77.0 cm³/mol. The van der Waals surface area contributed by atoms with Crippen LogP contribution in [-0.4, -0.2) is 30.9 Å². The molecule has 2 N–H and O–H groups in total. The number of rotatable bonds is 2. The average molecular weight is 273 g/mol. The van der Waals surface area contributed by atoms with Crippen molar-refractivity contribution in [2.75, 3.05) is 14.1 Å². The van der Waals surface area contributed by atoms with Crippen LogP contribution in [0.4, 0.5) is 4.79 Å². The van der Waals surface area contributed by atoms with Gasteiger partial charge in [0.1, 0.15) is 0 Å². The molecule has 0 aliphatic carbocycles. The molecular formula is C15H19N3O2. The summed E-state index contributed by atoms with van der Waals surface area (Å²) in [7, 11) is 3.40. The second-order valence-electron chi connectivity index (χ2n) is 5.13. The Hall–Kier alpha value is -2.30. The molecule has 1 aliphatic rings. The predicted octanol–water partition coefficient (Wildman–Crippen LogP) is 1.71. The molecule has 5 nitrogen and oxygen atoms in total. The van der Waals surface area contributed by atoms with Crippen LogP contribution < -0.4 is 10.6 Å². The minimum atomic E-state index is -0.417. The number of carbonyl (C=O) groups is 2. The first kappa shape index (κ1) is 14.1. The number of nitrogens with one attached hydrogen (secondary N) is 2. The Kier molecular flexibility index (Phi) is 3.79. The molecule has 0 fully saturated rings. The third kappa shape index (κ3) is 2.52. The lowest BCUT2D eigenvalue weighted by molar-refractivity contribution is -0.125. The Bertz CT molecular complexity index is 591. The monoisotopic (exact) mass is 273 g/mol. The van der Waals surface area contributed by atoms with Crippen molar-refractivity contribution in [1.82, 2.24) is 15.5 Å². The highest BCUT2D eigenvalue weighted by Crippen LogP contribution is 2.29. The smallest absolute Gasteiger partial charge is 0.319 e. The van der Waals surface area contributed by atoms with Gasteiger partial charge in [-0.15, -0.1) is 0 Å². The summed E-state index contributed by atoms with van der Waals surface area (Å²) in [6.45, 7) is 3.72. The van der Waals surface area contributed by atoms with Crippen LogP contribution in [0.25, 0.3) is 0 Å². The number of aryl methyl sites for hydroxylation is 1. The van der Waals surface area contributed by atoms with Gasteiger partial charge in [0.15, 0.2) is 0 Å². The average Bonchev–Trinajstić information content (AvgIpc) is 2.37. The molecule has 0 saturated heterocycles. The highest BCUT2D eigenvalue weighted by atomic mass is 16.2. The van der Waals surface area contributed by atoms with Crippen LogP contribution in [0.2, 0.25) is 0 Å². The van der Waals surface area contributed by atoms with Crippen molar-refractivity contribution in [3.05, 3.63) is 46.7 Å². The van der Waals surface area contributed by atoms with Gasteiger partial charge >= 0.3 is 6.03 Å². The molecule has 0 aromatic heterocycles. The fraction of sp³-hybridized carbons (Fsp3) is 0.333. The topological polar surface area (TPSA) is 61.4 Å². The molecule has 106 valence electrons. The molecule has 0 radical (unpaired) electrons. The van der Waals surface area contributed by atoms with Crippen molar-refractivity contribution in [3.8, 4) is 0 Å². The van der Waals surface area contributed by atoms with Gasteiger partial charge in [-0.1, -0.05) is 24.3 Å². The van der Waals surface area contributed by atoms with E-state index in [0.717, 1.165) is 11.1 Å². The van der Waals surface area contributed by atoms with E-state index in [1.165, 1.54) is 4.90 Å². The molecule has 20 heavy (non-hydrogen) atoms. The summed E-state index contributed by atoms with van der Waals surface area (Å²) >= 11 is 0. The summed E-state index contributed by atoms with van der Waals surface area (Å²) in [6, 6.07) is 7.04. The van der Waals surface area contributed by atoms with Gasteiger partial charge in [0.2, 0.25) is 0 Å². The van der Waals surface area contributed by atoms with Gasteiger partial charge in [-0.25, -0.2) is 4.79 Å². The second-order valence-corrected chi connectivity index (χ2v) is 5.13. The van der Waals surface area contributed by atoms with Crippen molar-refractivity contribution >= 4 is 11.9 Å². The van der Waals surface area contributed by atoms with Gasteiger partial charge in [-0.05, 0) is 25.0 Å². The van der Waals surface area contributed by atoms with Gasteiger partial charge in [0.25, 0.3) is 5.91 Å². The van der Waals surface area contributed by atoms with Gasteiger partial charge in [-0.2, -0.15) is 0 Å². The lowest BCUT2D eigenvalue weighted by Crippen LogP contribution is -2.47. The van der Waals surface area contributed by atoms with Crippen LogP contribution in [0.5, 0.6) is 0 Å². The minimum Gasteiger partial charge on any atom is -0.345 e. The highest BCUT2D eigenvalue weighted by Gasteiger charge is 2.32. The van der Waals surface area contributed by atoms with E-state index in [1.807, 2.05) is 31.2 Å². The Morgan fingerprint density at radius 3 is 2.45 bits per heavy atom. The molecule has 2 rings (SSSR count). The largest absolute Gasteiger partial charge is 0.345 e. The van der Waals surface area contributed by atoms with Crippen LogP contribution >= 0.6 is 0 Å². The van der Waals surface area contributed by atoms with Crippen molar-refractivity contribution in [3.63, 3.8) is 0 Å². The third-order valence-electron chi connectivity index (χ3n) is 3.41. The van der Waals surface area contributed by atoms with Crippen molar-refractivity contribution in [2.45, 2.75) is 19.9 Å². The van der Waals surface area contributed by atoms with Gasteiger partial charge in [0.05, 0.1) is 11.6 Å². The zero-order chi connectivity index (χ0) is 14.9. The first-order chi connectivity index (χ1) is 9.41. The van der Waals surface area contributed by atoms with Crippen molar-refractivity contribution < 1.29 is 9.59 Å². The summed E-state index contributed by atoms with van der Waals surface area (Å²) < 4.78 is 0. The van der Waals surface area contributed by atoms with Gasteiger partial charge < -0.3 is 15.5 Å². The number of allylic oxidation sites excluding steroid dienone is 1. The first-order valence-electron chi connectivity index (χ1n) is 6.47. The van der Waals surface area contributed by atoms with Crippen molar-refractivity contribution in [2.24, 2.45) is 0 Å². The Labute approximate surface area is 118 Å². The van der Waals surface area contributed by atoms with E-state index < -0.39 is 6.04 Å². The van der Waals surface area contributed by atoms with Crippen LogP contribution in [0, 0.1) is 6.92 Å². The van der Waals surface area contributed by atoms with Gasteiger partial charge in [0, 0.05) is 19.8 Å². The molecule has 1 aliphatic heterocycles. The van der Waals surface area contributed by atoms with Crippen LogP contribution in [0.3, 0.4) is 0 Å². The minimum absolute atomic E-state index is 0.108. The first-order valence-corrected chi connectivity index (χ1v) is 6.47. The number of likely N-dealkylation sites (N-methyl/N-ethyl adjacent to an activating group) is 1. The third-order valence-corrected chi connectivity index (χ3v) is 3.41. The van der Waals surface area contributed by atoms with Crippen LogP contribution in [0.1, 0.15) is 24.1 Å². The standard InChI is InChI=1S/C15H19N3O2/c1-9-7-5-6-8-11(9)13-12(14(19)18(3)4)10(2)16-15(20)17-13/h5-8,13H,1-4H3,(H2,16,17,20)/t13-/m0/s1. The van der Waals surface area contributed by atoms with E-state index in [-0.39, 0.29) is 11.9 Å². The molecule has 1 aromatic rings. The van der Waals surface area contributed by atoms with Gasteiger partial charge in [-0.3, -0.25) is 4.79 Å². The summed E-state index contributed by atoms with van der Waals surface area (Å²) in [6.07, 6.45) is 0. The number of hydrogen-bond acceptors (Lipinski definition) is 2. The van der Waals surface area contributed by atoms with E-state index in [4.69, 9.17) is 0 Å². The molecular weight excluding hydrogens is 254 g/mol. The molecule has 0 saturated carbocycles. The number of benzene rings is 1. The Morgan fingerprint density at radius 1 is 1.20 bits per heavy atom. The Balaban J connectivity index is 2.54. The molecule has 0 unspecified atom stereocenters. The quantitative estimate of drug-likeness (QED) is 0.861. The second kappa shape index (κ2) is 5.36. The summed E-state index contributed by atoms with van der Waals surface area (Å²) in [4.78, 5) is 25.6. The number of nitrogens with zero attached hydrogens (tertiary/aromatic N) is 1. The summed E-state index contributed by atoms with van der Waals surface area (Å²) in [5.74, 6) is -0.108. The number of amides is 3. The maximum atomic E-state index is 12.4. The van der Waals surface area contributed by atoms with Crippen molar-refractivity contribution in [1.29, 1.82) is 0 Å². The fourth-order valence-electron chi connectivity index (χ4n) is 2.36. The fourth-order valence-corrected chi connectivity index (χ4v) is 2.36. The number of hydrogen-bond donors (Lipinski definition) is 2.